The number of hydrogen-bond donors (Lipinski definition) is 9. The molecule has 1 aromatic heterocycles. The van der Waals surface area contributed by atoms with Crippen LogP contribution in [-0.4, -0.2) is 113 Å². The Hall–Kier alpha value is -7.19. The Morgan fingerprint density at radius 3 is 1.85 bits per heavy atom. The van der Waals surface area contributed by atoms with Crippen LogP contribution in [-0.2, 0) is 71.0 Å². The number of nitrogens with two attached hydrogens (primary N) is 1. The molecule has 0 unspecified atom stereocenters. The molecular weight excluding hydrogens is 1100 g/mol. The number of sulfone groups is 2. The van der Waals surface area contributed by atoms with Gasteiger partial charge in [0.15, 0.2) is 25.4 Å². The smallest absolute Gasteiger partial charge is 0.397 e. The molecule has 0 saturated heterocycles. The average Bonchev–Trinajstić information content (AvgIpc) is 3.29. The molecule has 29 nitrogen and oxygen atoms in total. The highest BCUT2D eigenvalue weighted by atomic mass is 32.3. The van der Waals surface area contributed by atoms with Crippen LogP contribution in [0.3, 0.4) is 0 Å². The van der Waals surface area contributed by atoms with Gasteiger partial charge in [0.1, 0.15) is 31.7 Å². The summed E-state index contributed by atoms with van der Waals surface area (Å²) in [7, 11) is -28.8. The number of hydrogen-bond acceptors (Lipinski definition) is 25. The zero-order valence-electron chi connectivity index (χ0n) is 37.5. The first-order chi connectivity index (χ1) is 34.4. The first-order valence-electron chi connectivity index (χ1n) is 20.3. The van der Waals surface area contributed by atoms with Crippen molar-refractivity contribution < 1.29 is 78.0 Å². The van der Waals surface area contributed by atoms with E-state index >= 15 is 0 Å². The summed E-state index contributed by atoms with van der Waals surface area (Å²) in [6, 6.07) is 15.2. The van der Waals surface area contributed by atoms with Crippen LogP contribution < -0.4 is 21.7 Å². The van der Waals surface area contributed by atoms with Crippen molar-refractivity contribution in [2.45, 2.75) is 32.9 Å². The topological polar surface area (TPSA) is 465 Å². The highest BCUT2D eigenvalue weighted by Gasteiger charge is 2.29. The van der Waals surface area contributed by atoms with Crippen LogP contribution in [0.4, 0.5) is 57.7 Å². The number of nitrogen functional groups attached to an aromatic ring is 1. The number of phenolic OH excluding ortho intramolecular Hbond substituents is 1. The number of rotatable bonds is 22. The fourth-order valence-corrected chi connectivity index (χ4v) is 10.4. The normalized spacial score (nSPS) is 12.9. The molecule has 35 heteroatoms. The molecule has 1 heterocycles. The molecule has 0 bridgehead atoms. The van der Waals surface area contributed by atoms with Gasteiger partial charge < -0.3 is 26.8 Å². The molecule has 6 rings (SSSR count). The first kappa shape index (κ1) is 56.1. The predicted molar refractivity (Wildman–Crippen MR) is 265 cm³/mol. The first-order valence-corrected chi connectivity index (χ1v) is 29.4. The number of aromatic hydroxyl groups is 1. The Bertz CT molecular complexity index is 3980. The van der Waals surface area contributed by atoms with Gasteiger partial charge in [-0.25, -0.2) is 21.0 Å². The third-order valence-corrected chi connectivity index (χ3v) is 15.9. The average molecular weight is 1140 g/mol. The summed E-state index contributed by atoms with van der Waals surface area (Å²) >= 11 is 0. The van der Waals surface area contributed by atoms with Crippen molar-refractivity contribution in [1.29, 1.82) is 0 Å². The van der Waals surface area contributed by atoms with Crippen molar-refractivity contribution >= 4 is 129 Å². The van der Waals surface area contributed by atoms with Gasteiger partial charge in [0, 0.05) is 23.3 Å². The van der Waals surface area contributed by atoms with Crippen LogP contribution >= 0.6 is 0 Å². The number of anilines is 6. The fraction of sp³-hybridized carbons (Fsp3) is 0.154. The maximum absolute atomic E-state index is 12.8. The summed E-state index contributed by atoms with van der Waals surface area (Å²) in [5, 5.41) is 34.8. The van der Waals surface area contributed by atoms with Gasteiger partial charge in [0.2, 0.25) is 17.8 Å². The lowest BCUT2D eigenvalue weighted by Gasteiger charge is -2.14. The molecule has 74 heavy (non-hydrogen) atoms. The number of azo groups is 2. The SMILES string of the molecule is C=CS(=O)(=O)CCNc1nc(Nc2ccc(S(=O)(=O)O)c(N=Nc3c(S(=O)(=O)O)cc4cc(S(=O)(=O)O)c(N=Nc5ccc(S(=O)(=O)CCOS(=O)(=O)O)cc5)c(N)c4c3O)c2)nc(Nc2ccccc2CC)n1. The Balaban J connectivity index is 1.43. The number of phenols is 1. The van der Waals surface area contributed by atoms with Gasteiger partial charge in [-0.1, -0.05) is 31.7 Å². The highest BCUT2D eigenvalue weighted by Crippen LogP contribution is 2.48. The van der Waals surface area contributed by atoms with Crippen LogP contribution in [0.5, 0.6) is 5.75 Å². The van der Waals surface area contributed by atoms with Gasteiger partial charge in [-0.3, -0.25) is 18.2 Å². The predicted octanol–water partition coefficient (Wildman–Crippen LogP) is 5.50. The van der Waals surface area contributed by atoms with E-state index in [1.807, 2.05) is 19.1 Å². The largest absolute Gasteiger partial charge is 0.505 e. The minimum atomic E-state index is -5.48. The summed E-state index contributed by atoms with van der Waals surface area (Å²) in [4.78, 5) is 9.16. The Kier molecular flexibility index (Phi) is 16.5. The fourth-order valence-electron chi connectivity index (χ4n) is 6.45. The van der Waals surface area contributed by atoms with Gasteiger partial charge in [-0.15, -0.1) is 15.3 Å². The quantitative estimate of drug-likeness (QED) is 0.0230. The Morgan fingerprint density at radius 2 is 1.26 bits per heavy atom. The third-order valence-electron chi connectivity index (χ3n) is 9.87. The zero-order chi connectivity index (χ0) is 54.6. The van der Waals surface area contributed by atoms with E-state index in [0.717, 1.165) is 53.4 Å². The second-order valence-electron chi connectivity index (χ2n) is 14.9. The molecule has 0 aliphatic carbocycles. The van der Waals surface area contributed by atoms with Crippen LogP contribution in [0.1, 0.15) is 12.5 Å². The van der Waals surface area contributed by atoms with Crippen molar-refractivity contribution in [2.24, 2.45) is 20.5 Å². The van der Waals surface area contributed by atoms with Gasteiger partial charge in [-0.05, 0) is 78.0 Å². The van der Waals surface area contributed by atoms with E-state index in [1.165, 1.54) is 0 Å². The van der Waals surface area contributed by atoms with Crippen LogP contribution in [0, 0.1) is 0 Å². The van der Waals surface area contributed by atoms with Crippen LogP contribution in [0.15, 0.2) is 131 Å². The number of para-hydroxylation sites is 1. The van der Waals surface area contributed by atoms with E-state index < -0.39 is 132 Å². The van der Waals surface area contributed by atoms with E-state index in [2.05, 4.69) is 62.1 Å². The molecule has 0 atom stereocenters. The number of nitrogens with one attached hydrogen (secondary N) is 3. The molecular formula is C39H39N11O18S6. The molecule has 0 saturated carbocycles. The minimum absolute atomic E-state index is 0.0577. The maximum atomic E-state index is 12.8. The van der Waals surface area contributed by atoms with Crippen molar-refractivity contribution in [3.63, 3.8) is 0 Å². The number of benzene rings is 5. The summed E-state index contributed by atoms with van der Waals surface area (Å²) in [6.07, 6.45) is 0.599. The zero-order valence-corrected chi connectivity index (χ0v) is 42.4. The molecule has 394 valence electrons. The molecule has 5 aromatic carbocycles. The Labute approximate surface area is 421 Å². The summed E-state index contributed by atoms with van der Waals surface area (Å²) < 4.78 is 190. The number of nitrogens with zero attached hydrogens (tertiary/aromatic N) is 7. The standard InChI is InChI=1S/C39H39N11O18S6/c1-3-22-7-5-6-8-27(22)43-39-45-37(41-15-17-69(52,53)4-2)44-38(46-39)42-25-11-14-29(71(56,57)58)28(21-25)48-50-35-31(73(62,63)64)20-23-19-30(72(59,60)61)34(33(40)32(23)36(35)51)49-47-24-9-12-26(13-10-24)70(54,55)18-16-68-74(65,66)67/h4-14,19-21,51H,2-3,15-18,40H2,1H3,(H,56,57,58)(H,59,60,61)(H,62,63,64)(H,65,66,67)(H3,41,42,43,44,45,46). The van der Waals surface area contributed by atoms with Crippen molar-refractivity contribution in [3.05, 3.63) is 96.4 Å². The molecule has 0 radical (unpaired) electrons. The highest BCUT2D eigenvalue weighted by molar-refractivity contribution is 7.94. The number of fused-ring (bicyclic) bond motifs is 1. The van der Waals surface area contributed by atoms with Gasteiger partial charge in [-0.2, -0.15) is 53.7 Å². The maximum Gasteiger partial charge on any atom is 0.397 e. The number of aryl methyl sites for hydroxylation is 1. The van der Waals surface area contributed by atoms with Crippen LogP contribution in [0.2, 0.25) is 0 Å². The molecule has 0 aliphatic rings. The van der Waals surface area contributed by atoms with Gasteiger partial charge in [0.25, 0.3) is 30.4 Å². The lowest BCUT2D eigenvalue weighted by molar-refractivity contribution is 0.284. The molecule has 10 N–H and O–H groups in total. The molecule has 0 spiro atoms. The van der Waals surface area contributed by atoms with E-state index in [0.29, 0.717) is 24.2 Å². The molecule has 6 aromatic rings. The van der Waals surface area contributed by atoms with Crippen LogP contribution in [0.25, 0.3) is 10.8 Å². The van der Waals surface area contributed by atoms with Gasteiger partial charge in [0.05, 0.1) is 39.8 Å². The number of aromatic nitrogens is 3. The molecule has 0 amide bonds. The van der Waals surface area contributed by atoms with E-state index in [9.17, 15) is 69.3 Å². The third kappa shape index (κ3) is 14.1. The second-order valence-corrected chi connectivity index (χ2v) is 24.3. The van der Waals surface area contributed by atoms with Gasteiger partial charge >= 0.3 is 10.4 Å². The van der Waals surface area contributed by atoms with E-state index in [1.54, 1.807) is 12.1 Å². The molecule has 0 fully saturated rings. The van der Waals surface area contributed by atoms with E-state index in [4.69, 9.17) is 10.3 Å². The minimum Gasteiger partial charge on any atom is -0.505 e. The monoisotopic (exact) mass is 1140 g/mol. The van der Waals surface area contributed by atoms with Crippen molar-refractivity contribution in [1.82, 2.24) is 15.0 Å². The van der Waals surface area contributed by atoms with Crippen molar-refractivity contribution in [2.75, 3.05) is 46.3 Å². The lowest BCUT2D eigenvalue weighted by atomic mass is 10.1. The summed E-state index contributed by atoms with van der Waals surface area (Å²) in [6.45, 7) is 4.06. The lowest BCUT2D eigenvalue weighted by Crippen LogP contribution is -2.16. The van der Waals surface area contributed by atoms with E-state index in [-0.39, 0.29) is 40.7 Å². The second kappa shape index (κ2) is 21.7. The summed E-state index contributed by atoms with van der Waals surface area (Å²) in [5.74, 6) is -2.99. The molecule has 0 aliphatic heterocycles. The van der Waals surface area contributed by atoms with Crippen molar-refractivity contribution in [3.8, 4) is 5.75 Å². The summed E-state index contributed by atoms with van der Waals surface area (Å²) in [5.41, 5.74) is 3.82. The Morgan fingerprint density at radius 1 is 0.676 bits per heavy atom.